The Morgan fingerprint density at radius 2 is 2.17 bits per heavy atom. The molecule has 0 radical (unpaired) electrons. The molecule has 4 heteroatoms. The molecule has 0 spiro atoms. The summed E-state index contributed by atoms with van der Waals surface area (Å²) in [7, 11) is 0. The summed E-state index contributed by atoms with van der Waals surface area (Å²) in [5.41, 5.74) is -0.405. The van der Waals surface area contributed by atoms with Gasteiger partial charge in [0.2, 0.25) is 5.91 Å². The summed E-state index contributed by atoms with van der Waals surface area (Å²) < 4.78 is 5.44. The van der Waals surface area contributed by atoms with Gasteiger partial charge in [0.25, 0.3) is 0 Å². The van der Waals surface area contributed by atoms with E-state index in [1.807, 2.05) is 13.8 Å². The maximum absolute atomic E-state index is 12.4. The van der Waals surface area contributed by atoms with Gasteiger partial charge in [-0.2, -0.15) is 0 Å². The van der Waals surface area contributed by atoms with Gasteiger partial charge in [-0.25, -0.2) is 0 Å². The van der Waals surface area contributed by atoms with Crippen molar-refractivity contribution in [2.45, 2.75) is 58.5 Å². The molecule has 4 nitrogen and oxygen atoms in total. The lowest BCUT2D eigenvalue weighted by atomic mass is 9.89. The summed E-state index contributed by atoms with van der Waals surface area (Å²) in [5, 5.41) is 6.48. The second kappa shape index (κ2) is 7.10. The molecule has 0 aliphatic carbocycles. The maximum Gasteiger partial charge on any atom is 0.240 e. The minimum absolute atomic E-state index is 0.0954. The summed E-state index contributed by atoms with van der Waals surface area (Å²) in [6.45, 7) is 10.4. The zero-order chi connectivity index (χ0) is 13.6. The monoisotopic (exact) mass is 256 g/mol. The van der Waals surface area contributed by atoms with E-state index in [0.717, 1.165) is 25.8 Å². The van der Waals surface area contributed by atoms with Crippen LogP contribution in [0.5, 0.6) is 0 Å². The third-order valence-electron chi connectivity index (χ3n) is 3.74. The fourth-order valence-electron chi connectivity index (χ4n) is 2.22. The van der Waals surface area contributed by atoms with Crippen molar-refractivity contribution in [2.24, 2.45) is 5.92 Å². The highest BCUT2D eigenvalue weighted by atomic mass is 16.5. The number of carbonyl (C=O) groups is 1. The highest BCUT2D eigenvalue weighted by molar-refractivity contribution is 5.86. The fourth-order valence-corrected chi connectivity index (χ4v) is 2.22. The molecule has 1 amide bonds. The van der Waals surface area contributed by atoms with Crippen LogP contribution < -0.4 is 10.6 Å². The number of carbonyl (C=O) groups excluding carboxylic acids is 1. The SMILES string of the molecule is CCOCC(NC(=O)C1(C)CCCCN1)C(C)C. The zero-order valence-corrected chi connectivity index (χ0v) is 12.2. The number of rotatable bonds is 6. The molecule has 0 saturated carbocycles. The molecule has 1 aliphatic heterocycles. The van der Waals surface area contributed by atoms with Crippen LogP contribution in [0.15, 0.2) is 0 Å². The zero-order valence-electron chi connectivity index (χ0n) is 12.2. The molecule has 0 aromatic carbocycles. The van der Waals surface area contributed by atoms with Gasteiger partial charge in [-0.15, -0.1) is 0 Å². The molecule has 0 aromatic rings. The normalized spacial score (nSPS) is 26.1. The molecule has 0 bridgehead atoms. The summed E-state index contributed by atoms with van der Waals surface area (Å²) >= 11 is 0. The average Bonchev–Trinajstić information content (AvgIpc) is 2.34. The Bertz CT molecular complexity index is 261. The minimum Gasteiger partial charge on any atom is -0.380 e. The second-order valence-electron chi connectivity index (χ2n) is 5.70. The average molecular weight is 256 g/mol. The highest BCUT2D eigenvalue weighted by Gasteiger charge is 2.35. The third kappa shape index (κ3) is 4.25. The lowest BCUT2D eigenvalue weighted by Crippen LogP contribution is -2.59. The Kier molecular flexibility index (Phi) is 6.09. The van der Waals surface area contributed by atoms with Crippen molar-refractivity contribution in [2.75, 3.05) is 19.8 Å². The van der Waals surface area contributed by atoms with Crippen molar-refractivity contribution in [1.82, 2.24) is 10.6 Å². The number of nitrogens with one attached hydrogen (secondary N) is 2. The van der Waals surface area contributed by atoms with Crippen LogP contribution in [-0.2, 0) is 9.53 Å². The second-order valence-corrected chi connectivity index (χ2v) is 5.70. The van der Waals surface area contributed by atoms with E-state index in [0.29, 0.717) is 19.1 Å². The molecular weight excluding hydrogens is 228 g/mol. The number of amides is 1. The molecule has 0 aromatic heterocycles. The van der Waals surface area contributed by atoms with Crippen LogP contribution >= 0.6 is 0 Å². The van der Waals surface area contributed by atoms with Crippen LogP contribution in [0.3, 0.4) is 0 Å². The van der Waals surface area contributed by atoms with E-state index in [9.17, 15) is 4.79 Å². The van der Waals surface area contributed by atoms with E-state index in [-0.39, 0.29) is 11.9 Å². The molecular formula is C14H28N2O2. The van der Waals surface area contributed by atoms with Crippen LogP contribution in [0, 0.1) is 5.92 Å². The quantitative estimate of drug-likeness (QED) is 0.760. The van der Waals surface area contributed by atoms with Gasteiger partial charge < -0.3 is 15.4 Å². The number of ether oxygens (including phenoxy) is 1. The van der Waals surface area contributed by atoms with Crippen molar-refractivity contribution in [1.29, 1.82) is 0 Å². The van der Waals surface area contributed by atoms with E-state index in [4.69, 9.17) is 4.74 Å². The number of hydrogen-bond acceptors (Lipinski definition) is 3. The highest BCUT2D eigenvalue weighted by Crippen LogP contribution is 2.19. The van der Waals surface area contributed by atoms with Gasteiger partial charge in [-0.3, -0.25) is 4.79 Å². The Hall–Kier alpha value is -0.610. The molecule has 106 valence electrons. The van der Waals surface area contributed by atoms with Gasteiger partial charge in [-0.1, -0.05) is 13.8 Å². The van der Waals surface area contributed by atoms with Crippen molar-refractivity contribution in [3.8, 4) is 0 Å². The molecule has 2 unspecified atom stereocenters. The topological polar surface area (TPSA) is 50.4 Å². The lowest BCUT2D eigenvalue weighted by molar-refractivity contribution is -0.129. The lowest BCUT2D eigenvalue weighted by Gasteiger charge is -2.35. The number of piperidine rings is 1. The number of hydrogen-bond donors (Lipinski definition) is 2. The maximum atomic E-state index is 12.4. The van der Waals surface area contributed by atoms with Crippen LogP contribution in [0.1, 0.15) is 47.0 Å². The Labute approximate surface area is 111 Å². The molecule has 1 fully saturated rings. The molecule has 2 N–H and O–H groups in total. The standard InChI is InChI=1S/C14H28N2O2/c1-5-18-10-12(11(2)3)16-13(17)14(4)8-6-7-9-15-14/h11-12,15H,5-10H2,1-4H3,(H,16,17). The Balaban J connectivity index is 2.54. The van der Waals surface area contributed by atoms with Crippen molar-refractivity contribution >= 4 is 5.91 Å². The predicted octanol–water partition coefficient (Wildman–Crippen LogP) is 1.70. The Morgan fingerprint density at radius 3 is 2.67 bits per heavy atom. The van der Waals surface area contributed by atoms with Gasteiger partial charge in [0, 0.05) is 6.61 Å². The Morgan fingerprint density at radius 1 is 1.44 bits per heavy atom. The largest absolute Gasteiger partial charge is 0.380 e. The molecule has 1 saturated heterocycles. The van der Waals surface area contributed by atoms with Crippen LogP contribution in [0.4, 0.5) is 0 Å². The van der Waals surface area contributed by atoms with Gasteiger partial charge in [0.15, 0.2) is 0 Å². The molecule has 1 rings (SSSR count). The third-order valence-corrected chi connectivity index (χ3v) is 3.74. The molecule has 1 heterocycles. The first-order valence-corrected chi connectivity index (χ1v) is 7.13. The molecule has 18 heavy (non-hydrogen) atoms. The van der Waals surface area contributed by atoms with Gasteiger partial charge in [-0.05, 0) is 45.6 Å². The van der Waals surface area contributed by atoms with E-state index >= 15 is 0 Å². The van der Waals surface area contributed by atoms with Gasteiger partial charge >= 0.3 is 0 Å². The first kappa shape index (κ1) is 15.4. The predicted molar refractivity (Wildman–Crippen MR) is 73.5 cm³/mol. The van der Waals surface area contributed by atoms with Crippen LogP contribution in [0.25, 0.3) is 0 Å². The van der Waals surface area contributed by atoms with E-state index in [1.54, 1.807) is 0 Å². The smallest absolute Gasteiger partial charge is 0.240 e. The van der Waals surface area contributed by atoms with E-state index in [2.05, 4.69) is 24.5 Å². The molecule has 1 aliphatic rings. The summed E-state index contributed by atoms with van der Waals surface area (Å²) in [5.74, 6) is 0.494. The molecule has 2 atom stereocenters. The van der Waals surface area contributed by atoms with Crippen molar-refractivity contribution in [3.63, 3.8) is 0 Å². The van der Waals surface area contributed by atoms with E-state index < -0.39 is 5.54 Å². The van der Waals surface area contributed by atoms with Crippen LogP contribution in [0.2, 0.25) is 0 Å². The van der Waals surface area contributed by atoms with E-state index in [1.165, 1.54) is 0 Å². The van der Waals surface area contributed by atoms with Crippen molar-refractivity contribution < 1.29 is 9.53 Å². The van der Waals surface area contributed by atoms with Crippen LogP contribution in [-0.4, -0.2) is 37.2 Å². The minimum atomic E-state index is -0.405. The summed E-state index contributed by atoms with van der Waals surface area (Å²) in [4.78, 5) is 12.4. The van der Waals surface area contributed by atoms with Gasteiger partial charge in [0.1, 0.15) is 0 Å². The first-order chi connectivity index (χ1) is 8.49. The fraction of sp³-hybridized carbons (Fsp3) is 0.929. The van der Waals surface area contributed by atoms with Gasteiger partial charge in [0.05, 0.1) is 18.2 Å². The summed E-state index contributed by atoms with van der Waals surface area (Å²) in [6, 6.07) is 0.0954. The van der Waals surface area contributed by atoms with Crippen molar-refractivity contribution in [3.05, 3.63) is 0 Å². The summed E-state index contributed by atoms with van der Waals surface area (Å²) in [6.07, 6.45) is 3.20. The first-order valence-electron chi connectivity index (χ1n) is 7.13.